The fourth-order valence-electron chi connectivity index (χ4n) is 1.30. The van der Waals surface area contributed by atoms with Gasteiger partial charge >= 0.3 is 0 Å². The fourth-order valence-corrected chi connectivity index (χ4v) is 2.62. The summed E-state index contributed by atoms with van der Waals surface area (Å²) in [5.74, 6) is 0.982. The van der Waals surface area contributed by atoms with Crippen LogP contribution in [0.1, 0.15) is 25.7 Å². The predicted octanol–water partition coefficient (Wildman–Crippen LogP) is 2.83. The zero-order valence-electron chi connectivity index (χ0n) is 10.1. The standard InChI is InChI=1S/C11H14IN3O2S/c1-6(2)16-4-8(13)10-14-11(17-15-10)7-3-9(12)18-5-7/h3,5-6,8H,4,13H2,1-2H3. The van der Waals surface area contributed by atoms with E-state index in [1.54, 1.807) is 11.3 Å². The van der Waals surface area contributed by atoms with Gasteiger partial charge in [0.15, 0.2) is 5.82 Å². The largest absolute Gasteiger partial charge is 0.377 e. The van der Waals surface area contributed by atoms with Gasteiger partial charge in [0.05, 0.1) is 27.2 Å². The molecule has 0 spiro atoms. The third kappa shape index (κ3) is 3.50. The summed E-state index contributed by atoms with van der Waals surface area (Å²) in [6.07, 6.45) is 0.140. The van der Waals surface area contributed by atoms with Gasteiger partial charge in [-0.2, -0.15) is 4.98 Å². The summed E-state index contributed by atoms with van der Waals surface area (Å²) in [6, 6.07) is 1.64. The molecule has 98 valence electrons. The van der Waals surface area contributed by atoms with Crippen molar-refractivity contribution in [3.05, 3.63) is 20.2 Å². The SMILES string of the molecule is CC(C)OCC(N)c1noc(-c2csc(I)c2)n1. The van der Waals surface area contributed by atoms with Gasteiger partial charge in [-0.25, -0.2) is 0 Å². The van der Waals surface area contributed by atoms with Crippen LogP contribution in [-0.4, -0.2) is 22.9 Å². The molecule has 0 saturated carbocycles. The van der Waals surface area contributed by atoms with Crippen molar-refractivity contribution >= 4 is 33.9 Å². The molecule has 0 bridgehead atoms. The van der Waals surface area contributed by atoms with E-state index >= 15 is 0 Å². The highest BCUT2D eigenvalue weighted by atomic mass is 127. The van der Waals surface area contributed by atoms with Crippen LogP contribution in [0.3, 0.4) is 0 Å². The third-order valence-corrected chi connectivity index (χ3v) is 3.99. The lowest BCUT2D eigenvalue weighted by Gasteiger charge is -2.10. The molecule has 1 atom stereocenters. The molecule has 0 amide bonds. The molecule has 2 rings (SSSR count). The topological polar surface area (TPSA) is 74.2 Å². The Morgan fingerprint density at radius 3 is 2.94 bits per heavy atom. The third-order valence-electron chi connectivity index (χ3n) is 2.20. The molecule has 7 heteroatoms. The van der Waals surface area contributed by atoms with E-state index in [9.17, 15) is 0 Å². The van der Waals surface area contributed by atoms with Crippen LogP contribution >= 0.6 is 33.9 Å². The average molecular weight is 379 g/mol. The molecule has 1 unspecified atom stereocenters. The molecule has 2 aromatic heterocycles. The normalized spacial score (nSPS) is 13.2. The minimum atomic E-state index is -0.359. The molecule has 0 aromatic carbocycles. The molecule has 0 aliphatic rings. The molecule has 5 nitrogen and oxygen atoms in total. The lowest BCUT2D eigenvalue weighted by molar-refractivity contribution is 0.0665. The summed E-state index contributed by atoms with van der Waals surface area (Å²) < 4.78 is 11.8. The second-order valence-corrected chi connectivity index (χ2v) is 6.89. The van der Waals surface area contributed by atoms with E-state index in [2.05, 4.69) is 32.7 Å². The number of aromatic nitrogens is 2. The molecule has 0 aliphatic heterocycles. The van der Waals surface area contributed by atoms with E-state index in [0.29, 0.717) is 18.3 Å². The van der Waals surface area contributed by atoms with Crippen molar-refractivity contribution in [2.24, 2.45) is 5.73 Å². The molecule has 18 heavy (non-hydrogen) atoms. The highest BCUT2D eigenvalue weighted by Crippen LogP contribution is 2.25. The Kier molecular flexibility index (Phi) is 4.71. The first-order chi connectivity index (χ1) is 8.56. The number of thiophene rings is 1. The molecule has 0 radical (unpaired) electrons. The van der Waals surface area contributed by atoms with Crippen molar-refractivity contribution < 1.29 is 9.26 Å². The highest BCUT2D eigenvalue weighted by Gasteiger charge is 2.16. The number of hydrogen-bond donors (Lipinski definition) is 1. The average Bonchev–Trinajstić information content (AvgIpc) is 2.93. The summed E-state index contributed by atoms with van der Waals surface area (Å²) in [5.41, 5.74) is 6.86. The van der Waals surface area contributed by atoms with Gasteiger partial charge in [-0.3, -0.25) is 0 Å². The fraction of sp³-hybridized carbons (Fsp3) is 0.455. The van der Waals surface area contributed by atoms with E-state index in [0.717, 1.165) is 5.56 Å². The Hall–Kier alpha value is -0.510. The van der Waals surface area contributed by atoms with E-state index in [1.807, 2.05) is 25.3 Å². The van der Waals surface area contributed by atoms with Gasteiger partial charge in [-0.15, -0.1) is 11.3 Å². The van der Waals surface area contributed by atoms with Gasteiger partial charge in [0.2, 0.25) is 0 Å². The Labute approximate surface area is 123 Å². The quantitative estimate of drug-likeness (QED) is 0.809. The molecule has 2 heterocycles. The lowest BCUT2D eigenvalue weighted by Crippen LogP contribution is -2.20. The van der Waals surface area contributed by atoms with Crippen molar-refractivity contribution in [2.75, 3.05) is 6.61 Å². The summed E-state index contributed by atoms with van der Waals surface area (Å²) in [6.45, 7) is 4.31. The first-order valence-electron chi connectivity index (χ1n) is 5.51. The molecule has 2 N–H and O–H groups in total. The zero-order valence-corrected chi connectivity index (χ0v) is 13.1. The number of halogens is 1. The minimum absolute atomic E-state index is 0.140. The molecular formula is C11H14IN3O2S. The maximum absolute atomic E-state index is 5.93. The van der Waals surface area contributed by atoms with Crippen LogP contribution in [-0.2, 0) is 4.74 Å². The summed E-state index contributed by atoms with van der Waals surface area (Å²) in [7, 11) is 0. The van der Waals surface area contributed by atoms with E-state index in [-0.39, 0.29) is 12.1 Å². The number of nitrogens with two attached hydrogens (primary N) is 1. The molecular weight excluding hydrogens is 365 g/mol. The van der Waals surface area contributed by atoms with Crippen molar-refractivity contribution in [2.45, 2.75) is 26.0 Å². The number of ether oxygens (including phenoxy) is 1. The Morgan fingerprint density at radius 2 is 2.33 bits per heavy atom. The van der Waals surface area contributed by atoms with E-state index < -0.39 is 0 Å². The van der Waals surface area contributed by atoms with Crippen LogP contribution in [0.15, 0.2) is 16.0 Å². The van der Waals surface area contributed by atoms with Crippen LogP contribution < -0.4 is 5.73 Å². The van der Waals surface area contributed by atoms with Gasteiger partial charge in [-0.05, 0) is 42.5 Å². The maximum Gasteiger partial charge on any atom is 0.258 e. The van der Waals surface area contributed by atoms with Crippen molar-refractivity contribution in [1.29, 1.82) is 0 Å². The van der Waals surface area contributed by atoms with E-state index in [4.69, 9.17) is 15.0 Å². The Bertz CT molecular complexity index is 512. The first kappa shape index (κ1) is 13.9. The summed E-state index contributed by atoms with van der Waals surface area (Å²) >= 11 is 3.89. The summed E-state index contributed by atoms with van der Waals surface area (Å²) in [5, 5.41) is 5.87. The Morgan fingerprint density at radius 1 is 1.56 bits per heavy atom. The molecule has 0 aliphatic carbocycles. The van der Waals surface area contributed by atoms with Crippen molar-refractivity contribution in [1.82, 2.24) is 10.1 Å². The first-order valence-corrected chi connectivity index (χ1v) is 7.47. The zero-order chi connectivity index (χ0) is 13.1. The smallest absolute Gasteiger partial charge is 0.258 e. The lowest BCUT2D eigenvalue weighted by atomic mass is 10.3. The van der Waals surface area contributed by atoms with Gasteiger partial charge in [0.25, 0.3) is 5.89 Å². The second kappa shape index (κ2) is 6.09. The maximum atomic E-state index is 5.93. The predicted molar refractivity (Wildman–Crippen MR) is 78.3 cm³/mol. The number of hydrogen-bond acceptors (Lipinski definition) is 6. The second-order valence-electron chi connectivity index (χ2n) is 4.09. The van der Waals surface area contributed by atoms with Crippen LogP contribution in [0.4, 0.5) is 0 Å². The monoisotopic (exact) mass is 379 g/mol. The van der Waals surface area contributed by atoms with Crippen molar-refractivity contribution in [3.8, 4) is 11.5 Å². The van der Waals surface area contributed by atoms with Crippen molar-refractivity contribution in [3.63, 3.8) is 0 Å². The summed E-state index contributed by atoms with van der Waals surface area (Å²) in [4.78, 5) is 4.29. The van der Waals surface area contributed by atoms with Gasteiger partial charge < -0.3 is 15.0 Å². The minimum Gasteiger partial charge on any atom is -0.377 e. The number of rotatable bonds is 5. The van der Waals surface area contributed by atoms with Gasteiger partial charge in [-0.1, -0.05) is 5.16 Å². The molecule has 0 saturated heterocycles. The van der Waals surface area contributed by atoms with Crippen LogP contribution in [0.2, 0.25) is 0 Å². The van der Waals surface area contributed by atoms with Gasteiger partial charge in [0, 0.05) is 5.38 Å². The van der Waals surface area contributed by atoms with Crippen LogP contribution in [0.5, 0.6) is 0 Å². The van der Waals surface area contributed by atoms with Crippen LogP contribution in [0, 0.1) is 2.88 Å². The molecule has 0 fully saturated rings. The Balaban J connectivity index is 2.06. The van der Waals surface area contributed by atoms with Gasteiger partial charge in [0.1, 0.15) is 0 Å². The van der Waals surface area contributed by atoms with Crippen LogP contribution in [0.25, 0.3) is 11.5 Å². The van der Waals surface area contributed by atoms with E-state index in [1.165, 1.54) is 2.88 Å². The molecule has 2 aromatic rings. The number of nitrogens with zero attached hydrogens (tertiary/aromatic N) is 2. The highest BCUT2D eigenvalue weighted by molar-refractivity contribution is 14.1.